The molecule has 1 aliphatic heterocycles. The molecule has 0 bridgehead atoms. The summed E-state index contributed by atoms with van der Waals surface area (Å²) in [6.45, 7) is 1.42. The van der Waals surface area contributed by atoms with Crippen molar-refractivity contribution in [2.45, 2.75) is 17.7 Å². The van der Waals surface area contributed by atoms with Gasteiger partial charge in [-0.15, -0.1) is 0 Å². The number of nitrogens with zero attached hydrogens (tertiary/aromatic N) is 1. The predicted octanol–water partition coefficient (Wildman–Crippen LogP) is 4.43. The summed E-state index contributed by atoms with van der Waals surface area (Å²) in [5.41, 5.74) is 5.23. The van der Waals surface area contributed by atoms with E-state index in [9.17, 15) is 14.3 Å². The Morgan fingerprint density at radius 2 is 1.60 bits per heavy atom. The van der Waals surface area contributed by atoms with Crippen molar-refractivity contribution in [1.82, 2.24) is 9.79 Å². The van der Waals surface area contributed by atoms with Gasteiger partial charge in [-0.3, -0.25) is 10.0 Å². The number of nitrogens with one attached hydrogen (secondary N) is 1. The molecule has 0 unspecified atom stereocenters. The van der Waals surface area contributed by atoms with Crippen LogP contribution in [0.2, 0.25) is 0 Å². The highest BCUT2D eigenvalue weighted by atomic mass is 32.2. The van der Waals surface area contributed by atoms with Crippen molar-refractivity contribution in [3.8, 4) is 16.9 Å². The SMILES string of the molecule is O=C(NO)c1cc(F)c2c(c1)CCN(Sc1ccc(-c3ccc(O)cc3)cc1)CC2. The number of phenols is 1. The van der Waals surface area contributed by atoms with Crippen LogP contribution in [-0.4, -0.2) is 33.6 Å². The largest absolute Gasteiger partial charge is 0.508 e. The Morgan fingerprint density at radius 3 is 2.27 bits per heavy atom. The zero-order valence-electron chi connectivity index (χ0n) is 16.1. The molecule has 3 aromatic carbocycles. The number of carbonyl (C=O) groups is 1. The smallest absolute Gasteiger partial charge is 0.274 e. The van der Waals surface area contributed by atoms with Gasteiger partial charge in [-0.1, -0.05) is 24.3 Å². The quantitative estimate of drug-likeness (QED) is 0.328. The van der Waals surface area contributed by atoms with E-state index in [1.54, 1.807) is 35.6 Å². The summed E-state index contributed by atoms with van der Waals surface area (Å²) in [5.74, 6) is -0.870. The number of phenolic OH excluding ortho intramolecular Hbond substituents is 1. The number of benzene rings is 3. The van der Waals surface area contributed by atoms with E-state index in [-0.39, 0.29) is 11.3 Å². The first kappa shape index (κ1) is 20.4. The molecular formula is C23H21FN2O3S. The third-order valence-corrected chi connectivity index (χ3v) is 6.29. The van der Waals surface area contributed by atoms with Gasteiger partial charge >= 0.3 is 0 Å². The molecule has 1 amide bonds. The number of fused-ring (bicyclic) bond motifs is 1. The maximum atomic E-state index is 14.5. The fourth-order valence-electron chi connectivity index (χ4n) is 3.59. The van der Waals surface area contributed by atoms with Gasteiger partial charge < -0.3 is 5.11 Å². The second kappa shape index (κ2) is 8.87. The molecule has 0 saturated heterocycles. The zero-order valence-corrected chi connectivity index (χ0v) is 17.0. The molecule has 1 aliphatic rings. The van der Waals surface area contributed by atoms with Crippen LogP contribution in [0, 0.1) is 5.82 Å². The molecular weight excluding hydrogens is 403 g/mol. The average Bonchev–Trinajstić information content (AvgIpc) is 2.97. The molecule has 4 rings (SSSR count). The molecule has 0 saturated carbocycles. The van der Waals surface area contributed by atoms with E-state index in [4.69, 9.17) is 5.21 Å². The lowest BCUT2D eigenvalue weighted by molar-refractivity contribution is 0.0705. The Balaban J connectivity index is 1.44. The summed E-state index contributed by atoms with van der Waals surface area (Å²) in [4.78, 5) is 12.7. The van der Waals surface area contributed by atoms with Crippen LogP contribution in [0.25, 0.3) is 11.1 Å². The van der Waals surface area contributed by atoms with Crippen LogP contribution < -0.4 is 5.48 Å². The van der Waals surface area contributed by atoms with Crippen molar-refractivity contribution >= 4 is 17.9 Å². The fraction of sp³-hybridized carbons (Fsp3) is 0.174. The first-order valence-electron chi connectivity index (χ1n) is 9.61. The zero-order chi connectivity index (χ0) is 21.1. The molecule has 0 fully saturated rings. The van der Waals surface area contributed by atoms with Crippen molar-refractivity contribution < 1.29 is 19.5 Å². The lowest BCUT2D eigenvalue weighted by Crippen LogP contribution is -2.19. The molecule has 3 aromatic rings. The van der Waals surface area contributed by atoms with E-state index in [0.717, 1.165) is 28.1 Å². The van der Waals surface area contributed by atoms with Crippen molar-refractivity contribution in [2.24, 2.45) is 0 Å². The third-order valence-electron chi connectivity index (χ3n) is 5.18. The highest BCUT2D eigenvalue weighted by Gasteiger charge is 2.20. The topological polar surface area (TPSA) is 72.8 Å². The molecule has 3 N–H and O–H groups in total. The third kappa shape index (κ3) is 4.48. The number of carbonyl (C=O) groups excluding carboxylic acids is 1. The Bertz CT molecular complexity index is 1060. The van der Waals surface area contributed by atoms with E-state index in [1.165, 1.54) is 6.07 Å². The van der Waals surface area contributed by atoms with E-state index >= 15 is 0 Å². The molecule has 0 aromatic heterocycles. The van der Waals surface area contributed by atoms with Gasteiger partial charge in [-0.2, -0.15) is 0 Å². The summed E-state index contributed by atoms with van der Waals surface area (Å²) in [7, 11) is 0. The van der Waals surface area contributed by atoms with Gasteiger partial charge in [0.2, 0.25) is 0 Å². The Hall–Kier alpha value is -2.87. The standard InChI is InChI=1S/C23H21FN2O3S/c24-22-14-18(23(28)25-29)13-17-9-11-26(12-10-21(17)22)30-20-7-3-16(4-8-20)15-1-5-19(27)6-2-15/h1-8,13-14,27,29H,9-12H2,(H,25,28). The summed E-state index contributed by atoms with van der Waals surface area (Å²) in [5, 5.41) is 18.2. The molecule has 0 atom stereocenters. The van der Waals surface area contributed by atoms with E-state index < -0.39 is 11.7 Å². The Kier molecular flexibility index (Phi) is 6.03. The molecule has 7 heteroatoms. The lowest BCUT2D eigenvalue weighted by Gasteiger charge is -2.18. The number of amides is 1. The second-order valence-corrected chi connectivity index (χ2v) is 8.30. The van der Waals surface area contributed by atoms with E-state index in [1.807, 2.05) is 24.3 Å². The number of rotatable bonds is 4. The number of hydrogen-bond acceptors (Lipinski definition) is 5. The minimum atomic E-state index is -0.708. The van der Waals surface area contributed by atoms with Crippen molar-refractivity contribution in [2.75, 3.05) is 13.1 Å². The van der Waals surface area contributed by atoms with Gasteiger partial charge in [-0.25, -0.2) is 14.2 Å². The summed E-state index contributed by atoms with van der Waals surface area (Å²) in [6.07, 6.45) is 1.18. The number of halogens is 1. The summed E-state index contributed by atoms with van der Waals surface area (Å²) >= 11 is 1.63. The second-order valence-electron chi connectivity index (χ2n) is 7.13. The van der Waals surface area contributed by atoms with E-state index in [0.29, 0.717) is 24.9 Å². The monoisotopic (exact) mass is 424 g/mol. The minimum Gasteiger partial charge on any atom is -0.508 e. The van der Waals surface area contributed by atoms with Gasteiger partial charge in [0.15, 0.2) is 0 Å². The summed E-state index contributed by atoms with van der Waals surface area (Å²) in [6, 6.07) is 18.1. The number of hydroxylamine groups is 1. The van der Waals surface area contributed by atoms with Crippen LogP contribution in [0.15, 0.2) is 65.6 Å². The molecule has 0 spiro atoms. The van der Waals surface area contributed by atoms with Crippen LogP contribution in [0.1, 0.15) is 21.5 Å². The van der Waals surface area contributed by atoms with Crippen LogP contribution in [0.5, 0.6) is 5.75 Å². The summed E-state index contributed by atoms with van der Waals surface area (Å²) < 4.78 is 16.7. The van der Waals surface area contributed by atoms with Crippen LogP contribution >= 0.6 is 11.9 Å². The Labute approximate surface area is 178 Å². The highest BCUT2D eigenvalue weighted by Crippen LogP contribution is 2.30. The van der Waals surface area contributed by atoms with Crippen molar-refractivity contribution in [3.05, 3.63) is 83.2 Å². The minimum absolute atomic E-state index is 0.125. The van der Waals surface area contributed by atoms with Crippen LogP contribution in [0.4, 0.5) is 4.39 Å². The lowest BCUT2D eigenvalue weighted by atomic mass is 9.99. The molecule has 154 valence electrons. The fourth-order valence-corrected chi connectivity index (χ4v) is 4.51. The van der Waals surface area contributed by atoms with Crippen molar-refractivity contribution in [3.63, 3.8) is 0 Å². The first-order chi connectivity index (χ1) is 14.5. The van der Waals surface area contributed by atoms with Gasteiger partial charge in [0, 0.05) is 23.5 Å². The molecule has 1 heterocycles. The van der Waals surface area contributed by atoms with Crippen LogP contribution in [0.3, 0.4) is 0 Å². The number of hydrogen-bond donors (Lipinski definition) is 3. The number of aromatic hydroxyl groups is 1. The maximum Gasteiger partial charge on any atom is 0.274 e. The first-order valence-corrected chi connectivity index (χ1v) is 10.4. The highest BCUT2D eigenvalue weighted by molar-refractivity contribution is 7.97. The van der Waals surface area contributed by atoms with Crippen molar-refractivity contribution in [1.29, 1.82) is 0 Å². The predicted molar refractivity (Wildman–Crippen MR) is 114 cm³/mol. The molecule has 0 radical (unpaired) electrons. The van der Waals surface area contributed by atoms with Gasteiger partial charge in [0.25, 0.3) is 5.91 Å². The van der Waals surface area contributed by atoms with Gasteiger partial charge in [0.1, 0.15) is 11.6 Å². The molecule has 0 aliphatic carbocycles. The molecule has 5 nitrogen and oxygen atoms in total. The van der Waals surface area contributed by atoms with Gasteiger partial charge in [-0.05, 0) is 83.4 Å². The average molecular weight is 424 g/mol. The molecule has 30 heavy (non-hydrogen) atoms. The Morgan fingerprint density at radius 1 is 0.967 bits per heavy atom. The van der Waals surface area contributed by atoms with Gasteiger partial charge in [0.05, 0.1) is 0 Å². The van der Waals surface area contributed by atoms with Crippen LogP contribution in [-0.2, 0) is 12.8 Å². The van der Waals surface area contributed by atoms with E-state index in [2.05, 4.69) is 16.4 Å². The maximum absolute atomic E-state index is 14.5. The normalized spacial score (nSPS) is 14.1.